The molecule has 0 radical (unpaired) electrons. The van der Waals surface area contributed by atoms with E-state index in [-0.39, 0.29) is 6.03 Å². The van der Waals surface area contributed by atoms with Gasteiger partial charge in [-0.15, -0.1) is 0 Å². The summed E-state index contributed by atoms with van der Waals surface area (Å²) in [5.41, 5.74) is 3.41. The molecule has 1 aromatic heterocycles. The van der Waals surface area contributed by atoms with Crippen LogP contribution < -0.4 is 15.4 Å². The highest BCUT2D eigenvalue weighted by Crippen LogP contribution is 2.34. The van der Waals surface area contributed by atoms with Gasteiger partial charge >= 0.3 is 6.03 Å². The van der Waals surface area contributed by atoms with Crippen LogP contribution in [0.5, 0.6) is 0 Å². The van der Waals surface area contributed by atoms with Gasteiger partial charge in [-0.2, -0.15) is 11.3 Å². The second kappa shape index (κ2) is 8.35. The predicted molar refractivity (Wildman–Crippen MR) is 116 cm³/mol. The average Bonchev–Trinajstić information content (AvgIpc) is 3.34. The van der Waals surface area contributed by atoms with Gasteiger partial charge in [-0.05, 0) is 71.4 Å². The third kappa shape index (κ3) is 4.84. The van der Waals surface area contributed by atoms with Crippen LogP contribution in [0.1, 0.15) is 12.8 Å². The van der Waals surface area contributed by atoms with E-state index in [1.165, 1.54) is 12.8 Å². The van der Waals surface area contributed by atoms with Crippen LogP contribution in [0.25, 0.3) is 11.1 Å². The van der Waals surface area contributed by atoms with Gasteiger partial charge in [-0.1, -0.05) is 29.8 Å². The Morgan fingerprint density at radius 1 is 1.07 bits per heavy atom. The van der Waals surface area contributed by atoms with Crippen molar-refractivity contribution in [3.05, 3.63) is 64.3 Å². The zero-order valence-electron chi connectivity index (χ0n) is 14.4. The van der Waals surface area contributed by atoms with Crippen molar-refractivity contribution in [3.8, 4) is 11.1 Å². The molecule has 27 heavy (non-hydrogen) atoms. The molecule has 1 heterocycles. The number of rotatable bonds is 6. The number of carbonyl (C=O) groups is 1. The highest BCUT2D eigenvalue weighted by Gasteiger charge is 2.21. The summed E-state index contributed by atoms with van der Waals surface area (Å²) in [5, 5.41) is 10.4. The van der Waals surface area contributed by atoms with Crippen LogP contribution in [0, 0.1) is 0 Å². The lowest BCUT2D eigenvalue weighted by Crippen LogP contribution is -2.20. The summed E-state index contributed by atoms with van der Waals surface area (Å²) >= 11 is 9.37. The maximum Gasteiger partial charge on any atom is 0.323 e. The molecule has 2 amide bonds. The number of hydrogen-bond acceptors (Lipinski definition) is 4. The van der Waals surface area contributed by atoms with E-state index in [0.29, 0.717) is 16.8 Å². The normalized spacial score (nSPS) is 13.4. The second-order valence-electron chi connectivity index (χ2n) is 6.27. The highest BCUT2D eigenvalue weighted by atomic mass is 35.5. The summed E-state index contributed by atoms with van der Waals surface area (Å²) < 4.78 is 3.43. The van der Waals surface area contributed by atoms with Crippen LogP contribution in [0.2, 0.25) is 5.02 Å². The molecule has 1 aliphatic carbocycles. The van der Waals surface area contributed by atoms with E-state index in [2.05, 4.69) is 26.8 Å². The van der Waals surface area contributed by atoms with Gasteiger partial charge in [0.1, 0.15) is 0 Å². The maximum absolute atomic E-state index is 12.5. The van der Waals surface area contributed by atoms with Gasteiger partial charge in [0.15, 0.2) is 0 Å². The van der Waals surface area contributed by atoms with Crippen molar-refractivity contribution in [1.82, 2.24) is 4.72 Å². The zero-order chi connectivity index (χ0) is 18.6. The Kier molecular flexibility index (Phi) is 5.69. The van der Waals surface area contributed by atoms with E-state index < -0.39 is 0 Å². The first-order valence-electron chi connectivity index (χ1n) is 8.60. The summed E-state index contributed by atoms with van der Waals surface area (Å²) in [7, 11) is 0. The van der Waals surface area contributed by atoms with E-state index in [1.54, 1.807) is 35.4 Å². The molecular formula is C20H18ClN3OS2. The molecule has 2 aromatic carbocycles. The Morgan fingerprint density at radius 2 is 1.89 bits per heavy atom. The van der Waals surface area contributed by atoms with Crippen LogP contribution in [0.4, 0.5) is 16.2 Å². The van der Waals surface area contributed by atoms with Gasteiger partial charge in [0, 0.05) is 16.5 Å². The third-order valence-electron chi connectivity index (χ3n) is 4.11. The molecule has 1 aliphatic rings. The molecule has 0 spiro atoms. The number of para-hydroxylation sites is 1. The zero-order valence-corrected chi connectivity index (χ0v) is 16.8. The Bertz CT molecular complexity index is 942. The van der Waals surface area contributed by atoms with Crippen molar-refractivity contribution in [3.63, 3.8) is 0 Å². The number of carbonyl (C=O) groups excluding carboxylic acids is 1. The van der Waals surface area contributed by atoms with Crippen molar-refractivity contribution in [2.75, 3.05) is 10.6 Å². The molecule has 1 fully saturated rings. The molecule has 0 saturated heterocycles. The lowest BCUT2D eigenvalue weighted by Gasteiger charge is -2.14. The van der Waals surface area contributed by atoms with E-state index in [0.717, 1.165) is 21.7 Å². The monoisotopic (exact) mass is 415 g/mol. The van der Waals surface area contributed by atoms with Crippen molar-refractivity contribution in [2.45, 2.75) is 23.8 Å². The average molecular weight is 416 g/mol. The lowest BCUT2D eigenvalue weighted by atomic mass is 10.1. The number of halogens is 1. The number of benzene rings is 2. The third-order valence-corrected chi connectivity index (χ3v) is 6.07. The van der Waals surface area contributed by atoms with Crippen molar-refractivity contribution < 1.29 is 4.79 Å². The molecule has 4 rings (SSSR count). The van der Waals surface area contributed by atoms with Crippen molar-refractivity contribution in [2.24, 2.45) is 0 Å². The van der Waals surface area contributed by atoms with Gasteiger partial charge < -0.3 is 10.6 Å². The molecule has 0 unspecified atom stereocenters. The smallest absolute Gasteiger partial charge is 0.307 e. The minimum absolute atomic E-state index is 0.322. The van der Waals surface area contributed by atoms with Crippen LogP contribution in [-0.2, 0) is 0 Å². The molecule has 0 bridgehead atoms. The summed E-state index contributed by atoms with van der Waals surface area (Å²) in [6.45, 7) is 0. The first kappa shape index (κ1) is 18.4. The number of hydrogen-bond donors (Lipinski definition) is 3. The van der Waals surface area contributed by atoms with Crippen LogP contribution >= 0.6 is 34.9 Å². The molecule has 3 N–H and O–H groups in total. The standard InChI is InChI=1S/C20H18ClN3OS2/c21-17-3-1-2-4-18(17)22-20(25)23-19-11-15(27-24-14-5-6-14)7-8-16(19)13-9-10-26-12-13/h1-4,7-12,14,24H,5-6H2,(H2,22,23,25). The quantitative estimate of drug-likeness (QED) is 0.404. The minimum Gasteiger partial charge on any atom is -0.307 e. The van der Waals surface area contributed by atoms with E-state index in [4.69, 9.17) is 11.6 Å². The second-order valence-corrected chi connectivity index (χ2v) is 8.37. The Balaban J connectivity index is 1.55. The van der Waals surface area contributed by atoms with Crippen LogP contribution in [0.15, 0.2) is 64.2 Å². The van der Waals surface area contributed by atoms with Gasteiger partial charge in [0.2, 0.25) is 0 Å². The number of amides is 2. The number of urea groups is 1. The summed E-state index contributed by atoms with van der Waals surface area (Å²) in [6.07, 6.45) is 2.46. The molecule has 1 saturated carbocycles. The van der Waals surface area contributed by atoms with E-state index in [9.17, 15) is 4.79 Å². The van der Waals surface area contributed by atoms with Crippen molar-refractivity contribution >= 4 is 52.3 Å². The van der Waals surface area contributed by atoms with Crippen LogP contribution in [-0.4, -0.2) is 12.1 Å². The van der Waals surface area contributed by atoms with E-state index in [1.807, 2.05) is 35.7 Å². The fraction of sp³-hybridized carbons (Fsp3) is 0.150. The van der Waals surface area contributed by atoms with Gasteiger partial charge in [-0.25, -0.2) is 4.79 Å². The van der Waals surface area contributed by atoms with Gasteiger partial charge in [0.25, 0.3) is 0 Å². The summed E-state index contributed by atoms with van der Waals surface area (Å²) in [6, 6.07) is 15.6. The predicted octanol–water partition coefficient (Wildman–Crippen LogP) is 6.47. The van der Waals surface area contributed by atoms with E-state index >= 15 is 0 Å². The fourth-order valence-corrected chi connectivity index (χ4v) is 4.24. The largest absolute Gasteiger partial charge is 0.323 e. The van der Waals surface area contributed by atoms with Gasteiger partial charge in [0.05, 0.1) is 16.4 Å². The summed E-state index contributed by atoms with van der Waals surface area (Å²) in [5.74, 6) is 0. The Hall–Kier alpha value is -1.99. The number of nitrogens with one attached hydrogen (secondary N) is 3. The lowest BCUT2D eigenvalue weighted by molar-refractivity contribution is 0.262. The maximum atomic E-state index is 12.5. The topological polar surface area (TPSA) is 53.2 Å². The molecule has 4 nitrogen and oxygen atoms in total. The Labute approximate surface area is 171 Å². The molecule has 138 valence electrons. The molecule has 0 aliphatic heterocycles. The first-order valence-corrected chi connectivity index (χ1v) is 10.7. The first-order chi connectivity index (χ1) is 13.2. The molecule has 3 aromatic rings. The SMILES string of the molecule is O=C(Nc1ccccc1Cl)Nc1cc(SNC2CC2)ccc1-c1ccsc1. The molecule has 0 atom stereocenters. The number of anilines is 2. The van der Waals surface area contributed by atoms with Crippen molar-refractivity contribution in [1.29, 1.82) is 0 Å². The van der Waals surface area contributed by atoms with Crippen LogP contribution in [0.3, 0.4) is 0 Å². The molecule has 7 heteroatoms. The van der Waals surface area contributed by atoms with Gasteiger partial charge in [-0.3, -0.25) is 4.72 Å². The number of thiophene rings is 1. The Morgan fingerprint density at radius 3 is 2.63 bits per heavy atom. The fourth-order valence-electron chi connectivity index (χ4n) is 2.55. The minimum atomic E-state index is -0.322. The highest BCUT2D eigenvalue weighted by molar-refractivity contribution is 7.97. The molecular weight excluding hydrogens is 398 g/mol. The summed E-state index contributed by atoms with van der Waals surface area (Å²) in [4.78, 5) is 13.6.